The van der Waals surface area contributed by atoms with Gasteiger partial charge in [-0.05, 0) is 17.5 Å². The van der Waals surface area contributed by atoms with Crippen molar-refractivity contribution in [1.29, 1.82) is 0 Å². The second-order valence-electron chi connectivity index (χ2n) is 4.92. The zero-order valence-corrected chi connectivity index (χ0v) is 14.2. The number of aromatic nitrogens is 1. The fourth-order valence-corrected chi connectivity index (χ4v) is 3.71. The highest BCUT2D eigenvalue weighted by molar-refractivity contribution is 7.14. The Morgan fingerprint density at radius 3 is 2.91 bits per heavy atom. The van der Waals surface area contributed by atoms with Gasteiger partial charge in [-0.2, -0.15) is 11.3 Å². The SMILES string of the molecule is COc1ccccc1CNC(=O)Cc1csc(-c2ccsc2)n1. The maximum absolute atomic E-state index is 12.1. The van der Waals surface area contributed by atoms with E-state index in [2.05, 4.69) is 15.7 Å². The number of carbonyl (C=O) groups is 1. The van der Waals surface area contributed by atoms with Crippen molar-refractivity contribution in [1.82, 2.24) is 10.3 Å². The first-order valence-electron chi connectivity index (χ1n) is 7.12. The molecule has 0 saturated carbocycles. The number of rotatable bonds is 6. The van der Waals surface area contributed by atoms with E-state index < -0.39 is 0 Å². The lowest BCUT2D eigenvalue weighted by molar-refractivity contribution is -0.120. The normalized spacial score (nSPS) is 10.5. The Hall–Kier alpha value is -2.18. The highest BCUT2D eigenvalue weighted by atomic mass is 32.1. The van der Waals surface area contributed by atoms with Crippen LogP contribution in [-0.4, -0.2) is 18.0 Å². The molecule has 118 valence electrons. The molecule has 23 heavy (non-hydrogen) atoms. The van der Waals surface area contributed by atoms with Crippen molar-refractivity contribution in [3.05, 3.63) is 57.7 Å². The van der Waals surface area contributed by atoms with E-state index in [1.54, 1.807) is 29.8 Å². The van der Waals surface area contributed by atoms with Crippen molar-refractivity contribution in [3.63, 3.8) is 0 Å². The Bertz CT molecular complexity index is 782. The van der Waals surface area contributed by atoms with E-state index in [0.717, 1.165) is 27.6 Å². The van der Waals surface area contributed by atoms with Crippen LogP contribution >= 0.6 is 22.7 Å². The second-order valence-corrected chi connectivity index (χ2v) is 6.56. The highest BCUT2D eigenvalue weighted by Crippen LogP contribution is 2.25. The van der Waals surface area contributed by atoms with Crippen LogP contribution in [0.25, 0.3) is 10.6 Å². The van der Waals surface area contributed by atoms with E-state index in [1.165, 1.54) is 0 Å². The Balaban J connectivity index is 1.57. The van der Waals surface area contributed by atoms with E-state index >= 15 is 0 Å². The first kappa shape index (κ1) is 15.7. The van der Waals surface area contributed by atoms with Gasteiger partial charge in [0.05, 0.1) is 19.2 Å². The smallest absolute Gasteiger partial charge is 0.226 e. The fourth-order valence-electron chi connectivity index (χ4n) is 2.18. The van der Waals surface area contributed by atoms with Crippen LogP contribution in [0, 0.1) is 0 Å². The summed E-state index contributed by atoms with van der Waals surface area (Å²) in [5.41, 5.74) is 2.87. The van der Waals surface area contributed by atoms with Gasteiger partial charge in [0.2, 0.25) is 5.91 Å². The minimum Gasteiger partial charge on any atom is -0.496 e. The average Bonchev–Trinajstić information content (AvgIpc) is 3.24. The molecule has 1 aromatic carbocycles. The monoisotopic (exact) mass is 344 g/mol. The van der Waals surface area contributed by atoms with Crippen molar-refractivity contribution in [2.45, 2.75) is 13.0 Å². The number of carbonyl (C=O) groups excluding carboxylic acids is 1. The number of ether oxygens (including phenoxy) is 1. The molecule has 3 aromatic rings. The van der Waals surface area contributed by atoms with Crippen LogP contribution in [0.4, 0.5) is 0 Å². The fraction of sp³-hybridized carbons (Fsp3) is 0.176. The molecule has 6 heteroatoms. The second kappa shape index (κ2) is 7.39. The molecular formula is C17H16N2O2S2. The summed E-state index contributed by atoms with van der Waals surface area (Å²) >= 11 is 3.21. The average molecular weight is 344 g/mol. The minimum atomic E-state index is -0.0434. The summed E-state index contributed by atoms with van der Waals surface area (Å²) in [4.78, 5) is 16.6. The number of para-hydroxylation sites is 1. The van der Waals surface area contributed by atoms with Gasteiger partial charge in [0.1, 0.15) is 10.8 Å². The highest BCUT2D eigenvalue weighted by Gasteiger charge is 2.10. The van der Waals surface area contributed by atoms with Crippen molar-refractivity contribution in [2.24, 2.45) is 0 Å². The van der Waals surface area contributed by atoms with E-state index in [4.69, 9.17) is 4.74 Å². The lowest BCUT2D eigenvalue weighted by atomic mass is 10.2. The zero-order chi connectivity index (χ0) is 16.1. The maximum atomic E-state index is 12.1. The van der Waals surface area contributed by atoms with Crippen LogP contribution in [0.15, 0.2) is 46.5 Å². The third-order valence-corrected chi connectivity index (χ3v) is 4.95. The molecule has 1 N–H and O–H groups in total. The van der Waals surface area contributed by atoms with Gasteiger partial charge in [0.15, 0.2) is 0 Å². The molecule has 2 aromatic heterocycles. The van der Waals surface area contributed by atoms with Gasteiger partial charge in [0, 0.05) is 28.4 Å². The summed E-state index contributed by atoms with van der Waals surface area (Å²) in [7, 11) is 1.63. The van der Waals surface area contributed by atoms with Crippen molar-refractivity contribution < 1.29 is 9.53 Å². The molecule has 0 aliphatic carbocycles. The Labute approximate surface area is 142 Å². The van der Waals surface area contributed by atoms with E-state index in [9.17, 15) is 4.79 Å². The molecular weight excluding hydrogens is 328 g/mol. The van der Waals surface area contributed by atoms with E-state index in [0.29, 0.717) is 6.54 Å². The van der Waals surface area contributed by atoms with Crippen LogP contribution in [0.3, 0.4) is 0 Å². The number of nitrogens with one attached hydrogen (secondary N) is 1. The molecule has 0 bridgehead atoms. The summed E-state index contributed by atoms with van der Waals surface area (Å²) in [5.74, 6) is 0.735. The first-order valence-corrected chi connectivity index (χ1v) is 8.94. The van der Waals surface area contributed by atoms with Crippen molar-refractivity contribution >= 4 is 28.6 Å². The Kier molecular flexibility index (Phi) is 5.05. The van der Waals surface area contributed by atoms with Gasteiger partial charge >= 0.3 is 0 Å². The Morgan fingerprint density at radius 1 is 1.26 bits per heavy atom. The summed E-state index contributed by atoms with van der Waals surface area (Å²) in [6.07, 6.45) is 0.287. The van der Waals surface area contributed by atoms with Gasteiger partial charge in [0.25, 0.3) is 0 Å². The number of hydrogen-bond donors (Lipinski definition) is 1. The van der Waals surface area contributed by atoms with Gasteiger partial charge in [-0.15, -0.1) is 11.3 Å². The maximum Gasteiger partial charge on any atom is 0.226 e. The Morgan fingerprint density at radius 2 is 2.13 bits per heavy atom. The van der Waals surface area contributed by atoms with E-state index in [1.807, 2.05) is 41.1 Å². The summed E-state index contributed by atoms with van der Waals surface area (Å²) in [5, 5.41) is 9.90. The predicted octanol–water partition coefficient (Wildman–Crippen LogP) is 3.74. The minimum absolute atomic E-state index is 0.0434. The lowest BCUT2D eigenvalue weighted by Gasteiger charge is -2.09. The number of amides is 1. The number of thiazole rings is 1. The molecule has 0 fully saturated rings. The lowest BCUT2D eigenvalue weighted by Crippen LogP contribution is -2.24. The van der Waals surface area contributed by atoms with Gasteiger partial charge in [-0.1, -0.05) is 18.2 Å². The van der Waals surface area contributed by atoms with Crippen molar-refractivity contribution in [3.8, 4) is 16.3 Å². The van der Waals surface area contributed by atoms with Crippen LogP contribution in [0.5, 0.6) is 5.75 Å². The summed E-state index contributed by atoms with van der Waals surface area (Å²) in [6.45, 7) is 0.449. The van der Waals surface area contributed by atoms with Gasteiger partial charge < -0.3 is 10.1 Å². The van der Waals surface area contributed by atoms with Crippen LogP contribution < -0.4 is 10.1 Å². The molecule has 2 heterocycles. The number of benzene rings is 1. The number of nitrogens with zero attached hydrogens (tertiary/aromatic N) is 1. The topological polar surface area (TPSA) is 51.2 Å². The van der Waals surface area contributed by atoms with Crippen LogP contribution in [-0.2, 0) is 17.8 Å². The van der Waals surface area contributed by atoms with Gasteiger partial charge in [-0.3, -0.25) is 4.79 Å². The number of methoxy groups -OCH3 is 1. The standard InChI is InChI=1S/C17H16N2O2S2/c1-21-15-5-3-2-4-12(15)9-18-16(20)8-14-11-23-17(19-14)13-6-7-22-10-13/h2-7,10-11H,8-9H2,1H3,(H,18,20). The first-order chi connectivity index (χ1) is 11.3. The molecule has 0 aliphatic heterocycles. The molecule has 0 saturated heterocycles. The molecule has 3 rings (SSSR count). The largest absolute Gasteiger partial charge is 0.496 e. The summed E-state index contributed by atoms with van der Waals surface area (Å²) < 4.78 is 5.28. The quantitative estimate of drug-likeness (QED) is 0.741. The van der Waals surface area contributed by atoms with Crippen LogP contribution in [0.1, 0.15) is 11.3 Å². The number of thiophene rings is 1. The molecule has 0 atom stereocenters. The molecule has 0 aliphatic rings. The molecule has 1 amide bonds. The predicted molar refractivity (Wildman–Crippen MR) is 94.0 cm³/mol. The zero-order valence-electron chi connectivity index (χ0n) is 12.6. The van der Waals surface area contributed by atoms with E-state index in [-0.39, 0.29) is 12.3 Å². The molecule has 0 radical (unpaired) electrons. The molecule has 0 unspecified atom stereocenters. The molecule has 4 nitrogen and oxygen atoms in total. The number of hydrogen-bond acceptors (Lipinski definition) is 5. The van der Waals surface area contributed by atoms with Crippen LogP contribution in [0.2, 0.25) is 0 Å². The molecule has 0 spiro atoms. The third-order valence-electron chi connectivity index (χ3n) is 3.33. The third kappa shape index (κ3) is 3.97. The summed E-state index contributed by atoms with van der Waals surface area (Å²) in [6, 6.07) is 9.70. The van der Waals surface area contributed by atoms with Gasteiger partial charge in [-0.25, -0.2) is 4.98 Å². The van der Waals surface area contributed by atoms with Crippen molar-refractivity contribution in [2.75, 3.05) is 7.11 Å².